The maximum Gasteiger partial charge on any atom is 0.305 e. The molecule has 22 heavy (non-hydrogen) atoms. The summed E-state index contributed by atoms with van der Waals surface area (Å²) in [6.45, 7) is 2.07. The van der Waals surface area contributed by atoms with Gasteiger partial charge >= 0.3 is 5.97 Å². The van der Waals surface area contributed by atoms with Crippen molar-refractivity contribution in [1.29, 1.82) is 0 Å². The van der Waals surface area contributed by atoms with Gasteiger partial charge in [0.15, 0.2) is 9.84 Å². The number of sulfone groups is 1. The molecule has 0 radical (unpaired) electrons. The van der Waals surface area contributed by atoms with Crippen molar-refractivity contribution in [3.63, 3.8) is 0 Å². The molecule has 4 nitrogen and oxygen atoms in total. The highest BCUT2D eigenvalue weighted by atomic mass is 32.2. The minimum atomic E-state index is -3.42. The van der Waals surface area contributed by atoms with E-state index in [2.05, 4.69) is 11.7 Å². The lowest BCUT2D eigenvalue weighted by atomic mass is 10.0. The van der Waals surface area contributed by atoms with Crippen LogP contribution in [0.3, 0.4) is 0 Å². The molecule has 0 aliphatic heterocycles. The van der Waals surface area contributed by atoms with E-state index in [0.29, 0.717) is 24.2 Å². The van der Waals surface area contributed by atoms with Crippen LogP contribution in [-0.4, -0.2) is 21.5 Å². The molecule has 0 aliphatic rings. The van der Waals surface area contributed by atoms with Crippen molar-refractivity contribution in [3.8, 4) is 0 Å². The number of benzene rings is 1. The highest BCUT2D eigenvalue weighted by Crippen LogP contribution is 2.20. The number of esters is 1. The number of carbonyl (C=O) groups excluding carboxylic acids is 1. The summed E-state index contributed by atoms with van der Waals surface area (Å²) in [6, 6.07) is 8.40. The lowest BCUT2D eigenvalue weighted by Crippen LogP contribution is -2.02. The number of unbranched alkanes of at least 4 members (excludes halogenated alkanes) is 1. The van der Waals surface area contributed by atoms with Crippen molar-refractivity contribution < 1.29 is 17.9 Å². The van der Waals surface area contributed by atoms with E-state index < -0.39 is 9.84 Å². The Labute approximate surface area is 133 Å². The van der Waals surface area contributed by atoms with Gasteiger partial charge in [0, 0.05) is 11.8 Å². The zero-order valence-electron chi connectivity index (χ0n) is 13.2. The molecule has 5 heteroatoms. The minimum Gasteiger partial charge on any atom is -0.469 e. The Morgan fingerprint density at radius 1 is 1.09 bits per heavy atom. The van der Waals surface area contributed by atoms with E-state index >= 15 is 0 Å². The van der Waals surface area contributed by atoms with Crippen molar-refractivity contribution in [1.82, 2.24) is 0 Å². The average molecular weight is 324 g/mol. The standard InChI is InChI=1S/C17H24O4S/c1-3-4-9-15(10-8-13-17(18)21-2)14-22(19,20)16-11-6-5-7-12-16/h5-7,11-12,14H,3-4,8-10,13H2,1-2H3/b15-14-. The first-order valence-electron chi connectivity index (χ1n) is 7.56. The van der Waals surface area contributed by atoms with Crippen LogP contribution in [0.5, 0.6) is 0 Å². The van der Waals surface area contributed by atoms with Gasteiger partial charge in [-0.1, -0.05) is 37.1 Å². The Morgan fingerprint density at radius 3 is 2.32 bits per heavy atom. The maximum atomic E-state index is 12.4. The van der Waals surface area contributed by atoms with E-state index in [1.54, 1.807) is 30.3 Å². The third kappa shape index (κ3) is 6.43. The Hall–Kier alpha value is -1.62. The second-order valence-corrected chi connectivity index (χ2v) is 6.96. The highest BCUT2D eigenvalue weighted by molar-refractivity contribution is 7.94. The van der Waals surface area contributed by atoms with Crippen LogP contribution in [0.1, 0.15) is 45.4 Å². The summed E-state index contributed by atoms with van der Waals surface area (Å²) in [5.74, 6) is -0.263. The van der Waals surface area contributed by atoms with E-state index in [-0.39, 0.29) is 5.97 Å². The van der Waals surface area contributed by atoms with E-state index in [0.717, 1.165) is 24.8 Å². The largest absolute Gasteiger partial charge is 0.469 e. The van der Waals surface area contributed by atoms with Crippen molar-refractivity contribution in [2.24, 2.45) is 0 Å². The molecule has 0 heterocycles. The summed E-state index contributed by atoms with van der Waals surface area (Å²) in [4.78, 5) is 11.5. The molecule has 0 fully saturated rings. The van der Waals surface area contributed by atoms with Gasteiger partial charge in [0.25, 0.3) is 0 Å². The zero-order chi connectivity index (χ0) is 16.4. The fourth-order valence-electron chi connectivity index (χ4n) is 2.11. The molecule has 1 aromatic carbocycles. The molecule has 0 spiro atoms. The van der Waals surface area contributed by atoms with Crippen LogP contribution in [0.15, 0.2) is 46.2 Å². The van der Waals surface area contributed by atoms with Gasteiger partial charge < -0.3 is 4.74 Å². The summed E-state index contributed by atoms with van der Waals surface area (Å²) < 4.78 is 29.4. The molecule has 0 aliphatic carbocycles. The molecule has 0 unspecified atom stereocenters. The number of carbonyl (C=O) groups is 1. The van der Waals surface area contributed by atoms with Crippen molar-refractivity contribution in [3.05, 3.63) is 41.3 Å². The van der Waals surface area contributed by atoms with E-state index in [4.69, 9.17) is 0 Å². The average Bonchev–Trinajstić information content (AvgIpc) is 2.52. The van der Waals surface area contributed by atoms with Gasteiger partial charge in [0.2, 0.25) is 0 Å². The Kier molecular flexibility index (Phi) is 7.88. The van der Waals surface area contributed by atoms with Gasteiger partial charge in [0.1, 0.15) is 0 Å². The quantitative estimate of drug-likeness (QED) is 0.647. The predicted molar refractivity (Wildman–Crippen MR) is 87.1 cm³/mol. The van der Waals surface area contributed by atoms with E-state index in [1.807, 2.05) is 0 Å². The normalized spacial score (nSPS) is 12.2. The fraction of sp³-hybridized carbons (Fsp3) is 0.471. The maximum absolute atomic E-state index is 12.4. The topological polar surface area (TPSA) is 60.4 Å². The highest BCUT2D eigenvalue weighted by Gasteiger charge is 2.12. The first kappa shape index (κ1) is 18.4. The second-order valence-electron chi connectivity index (χ2n) is 5.17. The van der Waals surface area contributed by atoms with Gasteiger partial charge in [-0.3, -0.25) is 4.79 Å². The van der Waals surface area contributed by atoms with Crippen LogP contribution in [0.2, 0.25) is 0 Å². The van der Waals surface area contributed by atoms with Crippen molar-refractivity contribution in [2.45, 2.75) is 50.3 Å². The molecule has 0 atom stereocenters. The van der Waals surface area contributed by atoms with Gasteiger partial charge in [0.05, 0.1) is 12.0 Å². The molecule has 1 aromatic rings. The second kappa shape index (κ2) is 9.41. The fourth-order valence-corrected chi connectivity index (χ4v) is 3.45. The molecule has 0 aromatic heterocycles. The number of hydrogen-bond donors (Lipinski definition) is 0. The van der Waals surface area contributed by atoms with Crippen molar-refractivity contribution >= 4 is 15.8 Å². The van der Waals surface area contributed by atoms with Crippen LogP contribution in [0.25, 0.3) is 0 Å². The molecule has 0 saturated heterocycles. The monoisotopic (exact) mass is 324 g/mol. The molecule has 1 rings (SSSR count). The Morgan fingerprint density at radius 2 is 1.73 bits per heavy atom. The predicted octanol–water partition coefficient (Wildman–Crippen LogP) is 3.88. The third-order valence-corrected chi connectivity index (χ3v) is 4.92. The molecule has 0 bridgehead atoms. The Bertz CT molecular complexity index is 588. The van der Waals surface area contributed by atoms with Gasteiger partial charge in [-0.05, 0) is 37.8 Å². The number of rotatable bonds is 9. The lowest BCUT2D eigenvalue weighted by Gasteiger charge is -2.08. The summed E-state index contributed by atoms with van der Waals surface area (Å²) in [7, 11) is -2.07. The molecule has 0 amide bonds. The van der Waals surface area contributed by atoms with E-state index in [1.165, 1.54) is 12.5 Å². The van der Waals surface area contributed by atoms with Crippen LogP contribution < -0.4 is 0 Å². The molecular formula is C17H24O4S. The van der Waals surface area contributed by atoms with Gasteiger partial charge in [-0.25, -0.2) is 8.42 Å². The molecule has 0 N–H and O–H groups in total. The summed E-state index contributed by atoms with van der Waals surface area (Å²) >= 11 is 0. The first-order valence-corrected chi connectivity index (χ1v) is 9.10. The Balaban J connectivity index is 2.83. The molecule has 0 saturated carbocycles. The first-order chi connectivity index (χ1) is 10.5. The van der Waals surface area contributed by atoms with E-state index in [9.17, 15) is 13.2 Å². The number of ether oxygens (including phenoxy) is 1. The zero-order valence-corrected chi connectivity index (χ0v) is 14.1. The van der Waals surface area contributed by atoms with Gasteiger partial charge in [-0.15, -0.1) is 0 Å². The van der Waals surface area contributed by atoms with Crippen LogP contribution >= 0.6 is 0 Å². The van der Waals surface area contributed by atoms with Crippen LogP contribution in [0.4, 0.5) is 0 Å². The molecule has 122 valence electrons. The number of methoxy groups -OCH3 is 1. The van der Waals surface area contributed by atoms with Crippen molar-refractivity contribution in [2.75, 3.05) is 7.11 Å². The summed E-state index contributed by atoms with van der Waals surface area (Å²) in [6.07, 6.45) is 4.19. The van der Waals surface area contributed by atoms with Crippen LogP contribution in [-0.2, 0) is 19.4 Å². The van der Waals surface area contributed by atoms with Gasteiger partial charge in [-0.2, -0.15) is 0 Å². The minimum absolute atomic E-state index is 0.263. The number of hydrogen-bond acceptors (Lipinski definition) is 4. The summed E-state index contributed by atoms with van der Waals surface area (Å²) in [5.41, 5.74) is 0.870. The lowest BCUT2D eigenvalue weighted by molar-refractivity contribution is -0.140. The number of allylic oxidation sites excluding steroid dienone is 1. The smallest absolute Gasteiger partial charge is 0.305 e. The third-order valence-electron chi connectivity index (χ3n) is 3.35. The van der Waals surface area contributed by atoms with Crippen LogP contribution in [0, 0.1) is 0 Å². The SMILES string of the molecule is CCCC/C(=C/S(=O)(=O)c1ccccc1)CCCC(=O)OC. The molecular weight excluding hydrogens is 300 g/mol. The summed E-state index contributed by atoms with van der Waals surface area (Å²) in [5, 5.41) is 1.37.